The second kappa shape index (κ2) is 6.65. The summed E-state index contributed by atoms with van der Waals surface area (Å²) in [6, 6.07) is 14.0. The van der Waals surface area contributed by atoms with Gasteiger partial charge < -0.3 is 4.74 Å². The first kappa shape index (κ1) is 15.9. The number of benzene rings is 2. The number of nitrogens with zero attached hydrogens (tertiary/aromatic N) is 1. The summed E-state index contributed by atoms with van der Waals surface area (Å²) in [6.07, 6.45) is 1.35. The minimum atomic E-state index is -0.862. The van der Waals surface area contributed by atoms with Crippen molar-refractivity contribution in [1.82, 2.24) is 0 Å². The number of carbonyl (C=O) groups excluding carboxylic acids is 2. The summed E-state index contributed by atoms with van der Waals surface area (Å²) in [6.45, 7) is 5.22. The molecule has 4 nitrogen and oxygen atoms in total. The lowest BCUT2D eigenvalue weighted by atomic mass is 10.1. The van der Waals surface area contributed by atoms with Crippen LogP contribution in [0.15, 0.2) is 59.6 Å². The number of hydrogen-bond donors (Lipinski definition) is 0. The fourth-order valence-electron chi connectivity index (χ4n) is 2.96. The fourth-order valence-corrected chi connectivity index (χ4v) is 2.96. The van der Waals surface area contributed by atoms with Gasteiger partial charge in [0.2, 0.25) is 6.08 Å². The van der Waals surface area contributed by atoms with Gasteiger partial charge in [0.05, 0.1) is 6.54 Å². The maximum atomic E-state index is 12.3. The van der Waals surface area contributed by atoms with Gasteiger partial charge in [-0.25, -0.2) is 9.79 Å². The number of ketones is 1. The van der Waals surface area contributed by atoms with E-state index in [0.717, 1.165) is 17.5 Å². The van der Waals surface area contributed by atoms with E-state index in [1.807, 2.05) is 30.3 Å². The average molecular weight is 319 g/mol. The van der Waals surface area contributed by atoms with Crippen molar-refractivity contribution in [2.45, 2.75) is 19.4 Å². The van der Waals surface area contributed by atoms with E-state index in [2.05, 4.69) is 23.7 Å². The minimum Gasteiger partial charge on any atom is -0.480 e. The first-order chi connectivity index (χ1) is 11.6. The molecule has 3 rings (SSSR count). The van der Waals surface area contributed by atoms with Crippen LogP contribution in [0.4, 0.5) is 0 Å². The molecule has 1 atom stereocenters. The van der Waals surface area contributed by atoms with Gasteiger partial charge in [0.15, 0.2) is 11.9 Å². The lowest BCUT2D eigenvalue weighted by Crippen LogP contribution is -2.31. The number of aliphatic imine (C=N–C) groups is 1. The Hall–Kier alpha value is -2.97. The summed E-state index contributed by atoms with van der Waals surface area (Å²) in [5.74, 6) is 0.381. The molecule has 1 aliphatic rings. The first-order valence-electron chi connectivity index (χ1n) is 7.72. The lowest BCUT2D eigenvalue weighted by molar-refractivity contribution is -0.121. The zero-order chi connectivity index (χ0) is 17.1. The second-order valence-corrected chi connectivity index (χ2v) is 5.80. The third-order valence-electron chi connectivity index (χ3n) is 4.11. The van der Waals surface area contributed by atoms with Crippen molar-refractivity contribution in [1.29, 1.82) is 0 Å². The number of rotatable bonds is 6. The van der Waals surface area contributed by atoms with Crippen LogP contribution in [0.5, 0.6) is 5.75 Å². The topological polar surface area (TPSA) is 55.7 Å². The predicted molar refractivity (Wildman–Crippen MR) is 91.9 cm³/mol. The normalized spacial score (nSPS) is 12.5. The molecule has 24 heavy (non-hydrogen) atoms. The molecule has 0 bridgehead atoms. The van der Waals surface area contributed by atoms with E-state index in [0.29, 0.717) is 11.3 Å². The maximum absolute atomic E-state index is 12.3. The monoisotopic (exact) mass is 319 g/mol. The summed E-state index contributed by atoms with van der Waals surface area (Å²) < 4.78 is 5.93. The van der Waals surface area contributed by atoms with E-state index < -0.39 is 6.10 Å². The predicted octanol–water partition coefficient (Wildman–Crippen LogP) is 3.49. The van der Waals surface area contributed by atoms with Crippen LogP contribution in [0.25, 0.3) is 11.1 Å². The summed E-state index contributed by atoms with van der Waals surface area (Å²) in [5.41, 5.74) is 4.96. The Kier molecular flexibility index (Phi) is 4.41. The van der Waals surface area contributed by atoms with Crippen molar-refractivity contribution in [3.63, 3.8) is 0 Å². The third-order valence-corrected chi connectivity index (χ3v) is 4.11. The van der Waals surface area contributed by atoms with Gasteiger partial charge in [-0.05, 0) is 35.3 Å². The van der Waals surface area contributed by atoms with Crippen LogP contribution in [-0.4, -0.2) is 24.5 Å². The van der Waals surface area contributed by atoms with Crippen LogP contribution in [0, 0.1) is 0 Å². The zero-order valence-corrected chi connectivity index (χ0v) is 13.4. The highest BCUT2D eigenvalue weighted by Crippen LogP contribution is 2.41. The maximum Gasteiger partial charge on any atom is 0.235 e. The molecule has 120 valence electrons. The van der Waals surface area contributed by atoms with Crippen molar-refractivity contribution < 1.29 is 14.3 Å². The van der Waals surface area contributed by atoms with Gasteiger partial charge in [-0.3, -0.25) is 4.79 Å². The van der Waals surface area contributed by atoms with Crippen LogP contribution in [0.3, 0.4) is 0 Å². The molecule has 1 aliphatic carbocycles. The van der Waals surface area contributed by atoms with E-state index in [1.54, 1.807) is 6.92 Å². The standard InChI is InChI=1S/C20H17NO3/c1-13(2)20(23)19(11-21-12-22)24-18-9-5-8-16-15-7-4-3-6-14(15)10-17(16)18/h3-9,19H,1,10-11H2,2H3. The Morgan fingerprint density at radius 1 is 1.25 bits per heavy atom. The van der Waals surface area contributed by atoms with Crippen molar-refractivity contribution >= 4 is 11.9 Å². The largest absolute Gasteiger partial charge is 0.480 e. The van der Waals surface area contributed by atoms with E-state index in [1.165, 1.54) is 17.2 Å². The molecule has 2 aromatic carbocycles. The molecule has 1 unspecified atom stereocenters. The number of ether oxygens (including phenoxy) is 1. The second-order valence-electron chi connectivity index (χ2n) is 5.80. The third kappa shape index (κ3) is 2.92. The molecule has 0 aromatic heterocycles. The van der Waals surface area contributed by atoms with Crippen molar-refractivity contribution in [2.24, 2.45) is 4.99 Å². The van der Waals surface area contributed by atoms with E-state index in [4.69, 9.17) is 4.74 Å². The number of hydrogen-bond acceptors (Lipinski definition) is 4. The van der Waals surface area contributed by atoms with Crippen molar-refractivity contribution in [2.75, 3.05) is 6.54 Å². The van der Waals surface area contributed by atoms with E-state index in [9.17, 15) is 9.59 Å². The molecule has 0 saturated heterocycles. The lowest BCUT2D eigenvalue weighted by Gasteiger charge is -2.18. The van der Waals surface area contributed by atoms with Crippen molar-refractivity contribution in [3.8, 4) is 16.9 Å². The number of carbonyl (C=O) groups is 1. The van der Waals surface area contributed by atoms with Gasteiger partial charge in [-0.2, -0.15) is 0 Å². The minimum absolute atomic E-state index is 0.0637. The first-order valence-corrected chi connectivity index (χ1v) is 7.72. The molecule has 0 amide bonds. The number of isocyanates is 1. The van der Waals surface area contributed by atoms with Crippen LogP contribution in [-0.2, 0) is 16.0 Å². The highest BCUT2D eigenvalue weighted by Gasteiger charge is 2.25. The quantitative estimate of drug-likeness (QED) is 0.397. The molecular weight excluding hydrogens is 302 g/mol. The zero-order valence-electron chi connectivity index (χ0n) is 13.4. The molecule has 2 aromatic rings. The molecule has 0 aliphatic heterocycles. The molecule has 0 fully saturated rings. The van der Waals surface area contributed by atoms with Gasteiger partial charge in [0.25, 0.3) is 0 Å². The number of Topliss-reactive ketones (excluding diaryl/α,β-unsaturated/α-hetero) is 1. The van der Waals surface area contributed by atoms with Gasteiger partial charge in [-0.15, -0.1) is 0 Å². The van der Waals surface area contributed by atoms with Gasteiger partial charge in [0, 0.05) is 12.0 Å². The molecule has 0 spiro atoms. The van der Waals surface area contributed by atoms with Gasteiger partial charge in [-0.1, -0.05) is 43.0 Å². The van der Waals surface area contributed by atoms with E-state index in [-0.39, 0.29) is 12.3 Å². The van der Waals surface area contributed by atoms with Gasteiger partial charge >= 0.3 is 0 Å². The summed E-state index contributed by atoms with van der Waals surface area (Å²) >= 11 is 0. The van der Waals surface area contributed by atoms with Gasteiger partial charge in [0.1, 0.15) is 5.75 Å². The van der Waals surface area contributed by atoms with Crippen LogP contribution in [0.1, 0.15) is 18.1 Å². The molecule has 0 heterocycles. The van der Waals surface area contributed by atoms with Crippen LogP contribution < -0.4 is 4.74 Å². The van der Waals surface area contributed by atoms with Crippen LogP contribution >= 0.6 is 0 Å². The fraction of sp³-hybridized carbons (Fsp3) is 0.200. The Labute approximate surface area is 140 Å². The van der Waals surface area contributed by atoms with Crippen molar-refractivity contribution in [3.05, 3.63) is 65.7 Å². The SMILES string of the molecule is C=C(C)C(=O)C(CN=C=O)Oc1cccc2c1Cc1ccccc1-2. The number of fused-ring (bicyclic) bond motifs is 3. The van der Waals surface area contributed by atoms with Crippen LogP contribution in [0.2, 0.25) is 0 Å². The Bertz CT molecular complexity index is 863. The Morgan fingerprint density at radius 3 is 2.75 bits per heavy atom. The molecular formula is C20H17NO3. The molecule has 0 N–H and O–H groups in total. The summed E-state index contributed by atoms with van der Waals surface area (Å²) in [5, 5.41) is 0. The summed E-state index contributed by atoms with van der Waals surface area (Å²) in [7, 11) is 0. The average Bonchev–Trinajstić information content (AvgIpc) is 2.97. The molecule has 4 heteroatoms. The molecule has 0 radical (unpaired) electrons. The highest BCUT2D eigenvalue weighted by molar-refractivity contribution is 5.98. The highest BCUT2D eigenvalue weighted by atomic mass is 16.5. The smallest absolute Gasteiger partial charge is 0.235 e. The van der Waals surface area contributed by atoms with E-state index >= 15 is 0 Å². The molecule has 0 saturated carbocycles. The Morgan fingerprint density at radius 2 is 2.00 bits per heavy atom. The summed E-state index contributed by atoms with van der Waals surface area (Å²) in [4.78, 5) is 26.2. The Balaban J connectivity index is 1.94.